The van der Waals surface area contributed by atoms with Gasteiger partial charge in [-0.15, -0.1) is 0 Å². The topological polar surface area (TPSA) is 46.6 Å². The van der Waals surface area contributed by atoms with Gasteiger partial charge in [0.2, 0.25) is 5.91 Å². The first-order valence-corrected chi connectivity index (χ1v) is 8.26. The van der Waals surface area contributed by atoms with Gasteiger partial charge in [0.25, 0.3) is 0 Å². The van der Waals surface area contributed by atoms with E-state index < -0.39 is 5.41 Å². The van der Waals surface area contributed by atoms with E-state index >= 15 is 0 Å². The number of hydrogen-bond donors (Lipinski definition) is 0. The summed E-state index contributed by atoms with van der Waals surface area (Å²) in [4.78, 5) is 27.4. The summed E-state index contributed by atoms with van der Waals surface area (Å²) in [5, 5.41) is 0. The summed E-state index contributed by atoms with van der Waals surface area (Å²) in [6, 6.07) is 0. The molecule has 3 aliphatic rings. The van der Waals surface area contributed by atoms with Gasteiger partial charge in [0.15, 0.2) is 5.78 Å². The number of nitrogens with zero attached hydrogens (tertiary/aromatic N) is 1. The number of ether oxygens (including phenoxy) is 1. The molecule has 0 aromatic rings. The zero-order valence-corrected chi connectivity index (χ0v) is 14.0. The fourth-order valence-corrected chi connectivity index (χ4v) is 5.98. The Morgan fingerprint density at radius 3 is 2.35 bits per heavy atom. The van der Waals surface area contributed by atoms with Gasteiger partial charge in [-0.3, -0.25) is 9.59 Å². The lowest BCUT2D eigenvalue weighted by Crippen LogP contribution is -2.54. The molecule has 5 heteroatoms. The Balaban J connectivity index is 2.02. The van der Waals surface area contributed by atoms with Crippen LogP contribution in [0.1, 0.15) is 33.6 Å². The minimum atomic E-state index is -0.587. The lowest BCUT2D eigenvalue weighted by Gasteiger charge is -2.43. The molecule has 112 valence electrons. The number of rotatable bonds is 1. The van der Waals surface area contributed by atoms with E-state index in [0.29, 0.717) is 26.3 Å². The van der Waals surface area contributed by atoms with Gasteiger partial charge in [-0.25, -0.2) is 0 Å². The number of ketones is 1. The molecule has 0 aromatic carbocycles. The highest BCUT2D eigenvalue weighted by Crippen LogP contribution is 2.72. The fraction of sp³-hybridized carbons (Fsp3) is 0.867. The largest absolute Gasteiger partial charge is 0.378 e. The Hall–Kier alpha value is -0.420. The molecule has 4 nitrogen and oxygen atoms in total. The van der Waals surface area contributed by atoms with Crippen LogP contribution in [0.2, 0.25) is 0 Å². The summed E-state index contributed by atoms with van der Waals surface area (Å²) >= 11 is 3.57. The van der Waals surface area contributed by atoms with Crippen LogP contribution in [0.3, 0.4) is 0 Å². The molecule has 0 radical (unpaired) electrons. The number of amides is 1. The molecular weight excluding hydrogens is 322 g/mol. The molecule has 2 unspecified atom stereocenters. The summed E-state index contributed by atoms with van der Waals surface area (Å²) in [7, 11) is 0. The highest BCUT2D eigenvalue weighted by molar-refractivity contribution is 9.10. The normalized spacial score (nSPS) is 43.1. The van der Waals surface area contributed by atoms with Crippen molar-refractivity contribution < 1.29 is 14.3 Å². The number of fused-ring (bicyclic) bond motifs is 2. The lowest BCUT2D eigenvalue weighted by atomic mass is 9.64. The summed E-state index contributed by atoms with van der Waals surface area (Å²) in [6.45, 7) is 8.70. The number of halogens is 1. The SMILES string of the molecule is CC12CCC(C(=O)N3CCOCC3)([C@H](Br)C1=O)C2(C)C. The summed E-state index contributed by atoms with van der Waals surface area (Å²) < 4.78 is 5.34. The quantitative estimate of drug-likeness (QED) is 0.684. The van der Waals surface area contributed by atoms with Crippen LogP contribution in [0.25, 0.3) is 0 Å². The van der Waals surface area contributed by atoms with Gasteiger partial charge in [0.05, 0.1) is 23.5 Å². The Morgan fingerprint density at radius 2 is 1.85 bits per heavy atom. The van der Waals surface area contributed by atoms with E-state index in [0.717, 1.165) is 12.8 Å². The molecule has 1 amide bonds. The minimum Gasteiger partial charge on any atom is -0.378 e. The van der Waals surface area contributed by atoms with Gasteiger partial charge in [-0.05, 0) is 18.3 Å². The Morgan fingerprint density at radius 1 is 1.25 bits per heavy atom. The van der Waals surface area contributed by atoms with Crippen LogP contribution in [0, 0.1) is 16.2 Å². The Bertz CT molecular complexity index is 472. The Kier molecular flexibility index (Phi) is 3.11. The monoisotopic (exact) mass is 343 g/mol. The van der Waals surface area contributed by atoms with E-state index in [1.54, 1.807) is 0 Å². The van der Waals surface area contributed by atoms with Crippen LogP contribution in [0.5, 0.6) is 0 Å². The van der Waals surface area contributed by atoms with Gasteiger partial charge in [0.1, 0.15) is 0 Å². The van der Waals surface area contributed by atoms with Crippen molar-refractivity contribution in [3.8, 4) is 0 Å². The van der Waals surface area contributed by atoms with E-state index in [4.69, 9.17) is 4.74 Å². The second-order valence-electron chi connectivity index (χ2n) is 7.06. The molecular formula is C15H22BrNO3. The second kappa shape index (κ2) is 4.29. The number of carbonyl (C=O) groups is 2. The molecule has 2 saturated carbocycles. The average molecular weight is 344 g/mol. The molecule has 0 N–H and O–H groups in total. The first-order chi connectivity index (χ1) is 9.29. The van der Waals surface area contributed by atoms with Crippen LogP contribution in [-0.2, 0) is 14.3 Å². The number of carbonyl (C=O) groups excluding carboxylic acids is 2. The fourth-order valence-electron chi connectivity index (χ4n) is 4.47. The van der Waals surface area contributed by atoms with Gasteiger partial charge in [0, 0.05) is 18.5 Å². The maximum atomic E-state index is 13.2. The predicted octanol–water partition coefficient (Wildman–Crippen LogP) is 2.00. The van der Waals surface area contributed by atoms with E-state index in [1.807, 2.05) is 11.8 Å². The highest BCUT2D eigenvalue weighted by Gasteiger charge is 2.77. The van der Waals surface area contributed by atoms with Gasteiger partial charge in [-0.1, -0.05) is 36.7 Å². The van der Waals surface area contributed by atoms with Gasteiger partial charge >= 0.3 is 0 Å². The van der Waals surface area contributed by atoms with E-state index in [9.17, 15) is 9.59 Å². The van der Waals surface area contributed by atoms with Crippen molar-refractivity contribution in [3.63, 3.8) is 0 Å². The van der Waals surface area contributed by atoms with Crippen molar-refractivity contribution in [2.24, 2.45) is 16.2 Å². The molecule has 0 spiro atoms. The molecule has 1 saturated heterocycles. The van der Waals surface area contributed by atoms with Crippen LogP contribution in [-0.4, -0.2) is 47.7 Å². The molecule has 1 heterocycles. The predicted molar refractivity (Wildman–Crippen MR) is 78.7 cm³/mol. The molecule has 2 bridgehead atoms. The lowest BCUT2D eigenvalue weighted by molar-refractivity contribution is -0.151. The molecule has 20 heavy (non-hydrogen) atoms. The summed E-state index contributed by atoms with van der Waals surface area (Å²) in [5.41, 5.74) is -1.28. The third kappa shape index (κ3) is 1.41. The maximum Gasteiger partial charge on any atom is 0.231 e. The third-order valence-electron chi connectivity index (χ3n) is 6.40. The average Bonchev–Trinajstić information content (AvgIpc) is 2.71. The van der Waals surface area contributed by atoms with Crippen molar-refractivity contribution in [2.75, 3.05) is 26.3 Å². The van der Waals surface area contributed by atoms with E-state index in [2.05, 4.69) is 29.8 Å². The van der Waals surface area contributed by atoms with Crippen molar-refractivity contribution in [1.29, 1.82) is 0 Å². The van der Waals surface area contributed by atoms with Crippen LogP contribution >= 0.6 is 15.9 Å². The first-order valence-electron chi connectivity index (χ1n) is 7.34. The molecule has 2 aliphatic carbocycles. The molecule has 3 atom stereocenters. The van der Waals surface area contributed by atoms with Crippen LogP contribution in [0.15, 0.2) is 0 Å². The number of alkyl halides is 1. The summed E-state index contributed by atoms with van der Waals surface area (Å²) in [5.74, 6) is 0.345. The van der Waals surface area contributed by atoms with Crippen LogP contribution in [0.4, 0.5) is 0 Å². The smallest absolute Gasteiger partial charge is 0.231 e. The second-order valence-corrected chi connectivity index (χ2v) is 7.98. The Labute approximate surface area is 128 Å². The molecule has 1 aliphatic heterocycles. The number of Topliss-reactive ketones (excluding diaryl/α,β-unsaturated/α-hetero) is 1. The van der Waals surface area contributed by atoms with Crippen molar-refractivity contribution >= 4 is 27.6 Å². The zero-order valence-electron chi connectivity index (χ0n) is 12.4. The van der Waals surface area contributed by atoms with Gasteiger partial charge in [-0.2, -0.15) is 0 Å². The standard InChI is InChI=1S/C15H22BrNO3/c1-13(2)14(3)4-5-15(13,10(16)11(14)18)12(19)17-6-8-20-9-7-17/h10H,4-9H2,1-3H3/t10-,14?,15?/m1/s1. The summed E-state index contributed by atoms with van der Waals surface area (Å²) in [6.07, 6.45) is 1.62. The minimum absolute atomic E-state index is 0.141. The first kappa shape index (κ1) is 14.5. The van der Waals surface area contributed by atoms with E-state index in [-0.39, 0.29) is 27.3 Å². The number of morpholine rings is 1. The highest BCUT2D eigenvalue weighted by atomic mass is 79.9. The van der Waals surface area contributed by atoms with Crippen molar-refractivity contribution in [2.45, 2.75) is 38.4 Å². The van der Waals surface area contributed by atoms with Crippen LogP contribution < -0.4 is 0 Å². The maximum absolute atomic E-state index is 13.2. The van der Waals surface area contributed by atoms with E-state index in [1.165, 1.54) is 0 Å². The van der Waals surface area contributed by atoms with Crippen molar-refractivity contribution in [1.82, 2.24) is 4.90 Å². The van der Waals surface area contributed by atoms with Gasteiger partial charge < -0.3 is 9.64 Å². The molecule has 3 rings (SSSR count). The molecule has 3 fully saturated rings. The van der Waals surface area contributed by atoms with Crippen molar-refractivity contribution in [3.05, 3.63) is 0 Å². The molecule has 0 aromatic heterocycles. The number of hydrogen-bond acceptors (Lipinski definition) is 3. The third-order valence-corrected chi connectivity index (χ3v) is 7.60. The zero-order chi connectivity index (χ0) is 14.8.